The summed E-state index contributed by atoms with van der Waals surface area (Å²) in [6, 6.07) is 17.1. The first-order valence-electron chi connectivity index (χ1n) is 17.3. The Labute approximate surface area is 302 Å². The van der Waals surface area contributed by atoms with Gasteiger partial charge in [0.1, 0.15) is 17.3 Å². The number of methoxy groups -OCH3 is 1. The monoisotopic (exact) mass is 707 g/mol. The fourth-order valence-electron chi connectivity index (χ4n) is 5.95. The largest absolute Gasteiger partial charge is 0.495 e. The van der Waals surface area contributed by atoms with Gasteiger partial charge in [-0.15, -0.1) is 0 Å². The van der Waals surface area contributed by atoms with E-state index in [1.165, 1.54) is 43.5 Å². The van der Waals surface area contributed by atoms with Crippen molar-refractivity contribution in [2.45, 2.75) is 46.5 Å². The molecule has 1 fully saturated rings. The number of para-hydroxylation sites is 1. The molecule has 0 atom stereocenters. The van der Waals surface area contributed by atoms with E-state index in [0.717, 1.165) is 42.7 Å². The summed E-state index contributed by atoms with van der Waals surface area (Å²) in [7, 11) is 1.51. The average Bonchev–Trinajstić information content (AvgIpc) is 3.57. The van der Waals surface area contributed by atoms with Crippen molar-refractivity contribution in [3.8, 4) is 17.2 Å². The zero-order valence-electron chi connectivity index (χ0n) is 29.8. The van der Waals surface area contributed by atoms with Crippen molar-refractivity contribution >= 4 is 41.4 Å². The van der Waals surface area contributed by atoms with Crippen LogP contribution in [0.2, 0.25) is 0 Å². The summed E-state index contributed by atoms with van der Waals surface area (Å²) in [6.07, 6.45) is 8.82. The Balaban J connectivity index is 1.23. The van der Waals surface area contributed by atoms with Crippen LogP contribution in [0.25, 0.3) is 12.2 Å². The van der Waals surface area contributed by atoms with E-state index in [0.29, 0.717) is 41.2 Å². The molecule has 270 valence electrons. The number of anilines is 4. The Morgan fingerprint density at radius 2 is 1.79 bits per heavy atom. The van der Waals surface area contributed by atoms with Gasteiger partial charge in [-0.05, 0) is 100 Å². The topological polar surface area (TPSA) is 128 Å². The zero-order chi connectivity index (χ0) is 36.5. The van der Waals surface area contributed by atoms with Gasteiger partial charge >= 0.3 is 6.09 Å². The van der Waals surface area contributed by atoms with E-state index in [2.05, 4.69) is 30.3 Å². The van der Waals surface area contributed by atoms with Crippen molar-refractivity contribution in [2.24, 2.45) is 0 Å². The number of carbonyl (C=O) groups excluding carboxylic acids is 1. The van der Waals surface area contributed by atoms with E-state index in [1.807, 2.05) is 32.0 Å². The van der Waals surface area contributed by atoms with E-state index in [9.17, 15) is 4.79 Å². The normalized spacial score (nSPS) is 13.2. The van der Waals surface area contributed by atoms with Crippen LogP contribution >= 0.6 is 0 Å². The Morgan fingerprint density at radius 3 is 2.52 bits per heavy atom. The van der Waals surface area contributed by atoms with E-state index in [-0.39, 0.29) is 17.5 Å². The minimum atomic E-state index is -0.724. The van der Waals surface area contributed by atoms with Crippen molar-refractivity contribution in [3.05, 3.63) is 101 Å². The van der Waals surface area contributed by atoms with Crippen molar-refractivity contribution in [1.82, 2.24) is 25.0 Å². The first-order chi connectivity index (χ1) is 25.3. The number of nitrogens with one attached hydrogen (secondary N) is 1. The van der Waals surface area contributed by atoms with E-state index < -0.39 is 11.9 Å². The number of piperidine rings is 1. The first kappa shape index (κ1) is 36.0. The maximum Gasteiger partial charge on any atom is 0.425 e. The number of aromatic nitrogens is 4. The minimum absolute atomic E-state index is 0.130. The third-order valence-electron chi connectivity index (χ3n) is 8.57. The standard InChI is InChI=1S/C39H42FN7O5/c1-26-10-8-11-27(2)37(26)51-39(48)47(32-15-12-29(24-34(32)49-4)13-17-36-42-28(3)45-52-36)35-18-19-41-38(44-35)43-30-14-16-33(31(40)25-30)50-23-9-22-46-20-6-5-7-21-46/h8,10-19,24-25H,5-7,9,20-23H2,1-4H3,(H,41,43,44). The van der Waals surface area contributed by atoms with Crippen LogP contribution < -0.4 is 24.4 Å². The summed E-state index contributed by atoms with van der Waals surface area (Å²) < 4.78 is 37.8. The third-order valence-corrected chi connectivity index (χ3v) is 8.57. The number of rotatable bonds is 13. The lowest BCUT2D eigenvalue weighted by Gasteiger charge is -2.26. The van der Waals surface area contributed by atoms with Crippen LogP contribution in [0.15, 0.2) is 71.4 Å². The molecule has 52 heavy (non-hydrogen) atoms. The van der Waals surface area contributed by atoms with Gasteiger partial charge in [0.2, 0.25) is 5.95 Å². The Kier molecular flexibility index (Phi) is 11.7. The molecular formula is C39H42FN7O5. The van der Waals surface area contributed by atoms with Gasteiger partial charge in [-0.25, -0.2) is 19.1 Å². The lowest BCUT2D eigenvalue weighted by atomic mass is 10.1. The van der Waals surface area contributed by atoms with E-state index >= 15 is 4.39 Å². The second-order valence-electron chi connectivity index (χ2n) is 12.5. The van der Waals surface area contributed by atoms with Gasteiger partial charge in [-0.3, -0.25) is 0 Å². The summed E-state index contributed by atoms with van der Waals surface area (Å²) in [5.74, 6) is 1.66. The number of amides is 1. The first-order valence-corrected chi connectivity index (χ1v) is 17.3. The molecule has 0 spiro atoms. The highest BCUT2D eigenvalue weighted by atomic mass is 19.1. The predicted molar refractivity (Wildman–Crippen MR) is 197 cm³/mol. The average molecular weight is 708 g/mol. The van der Waals surface area contributed by atoms with Gasteiger partial charge in [0.05, 0.1) is 19.4 Å². The van der Waals surface area contributed by atoms with Crippen molar-refractivity contribution in [3.63, 3.8) is 0 Å². The highest BCUT2D eigenvalue weighted by Crippen LogP contribution is 2.36. The van der Waals surface area contributed by atoms with Gasteiger partial charge in [-0.2, -0.15) is 9.97 Å². The van der Waals surface area contributed by atoms with Crippen LogP contribution in [-0.4, -0.2) is 64.5 Å². The summed E-state index contributed by atoms with van der Waals surface area (Å²) in [4.78, 5) is 31.0. The van der Waals surface area contributed by atoms with Crippen molar-refractivity contribution in [2.75, 3.05) is 43.6 Å². The molecule has 1 saturated heterocycles. The molecule has 1 aliphatic rings. The van der Waals surface area contributed by atoms with Crippen LogP contribution in [0, 0.1) is 26.6 Å². The van der Waals surface area contributed by atoms with Gasteiger partial charge in [0.25, 0.3) is 5.89 Å². The molecule has 0 unspecified atom stereocenters. The molecule has 2 aromatic heterocycles. The molecule has 6 rings (SSSR count). The number of carbonyl (C=O) groups is 1. The number of aryl methyl sites for hydroxylation is 3. The lowest BCUT2D eigenvalue weighted by molar-refractivity contribution is 0.203. The van der Waals surface area contributed by atoms with E-state index in [4.69, 9.17) is 18.7 Å². The molecule has 3 aromatic carbocycles. The molecule has 3 heterocycles. The molecule has 0 aliphatic carbocycles. The summed E-state index contributed by atoms with van der Waals surface area (Å²) in [6.45, 7) is 9.07. The Morgan fingerprint density at radius 1 is 0.981 bits per heavy atom. The maximum atomic E-state index is 15.1. The highest BCUT2D eigenvalue weighted by molar-refractivity contribution is 5.98. The number of nitrogens with zero attached hydrogens (tertiary/aromatic N) is 6. The van der Waals surface area contributed by atoms with Crippen LogP contribution in [0.3, 0.4) is 0 Å². The maximum absolute atomic E-state index is 15.1. The quantitative estimate of drug-likeness (QED) is 0.118. The van der Waals surface area contributed by atoms with Crippen molar-refractivity contribution < 1.29 is 27.9 Å². The number of hydrogen-bond acceptors (Lipinski definition) is 11. The number of halogens is 1. The molecule has 0 saturated carbocycles. The predicted octanol–water partition coefficient (Wildman–Crippen LogP) is 8.44. The second-order valence-corrected chi connectivity index (χ2v) is 12.5. The molecular weight excluding hydrogens is 665 g/mol. The number of likely N-dealkylation sites (tertiary alicyclic amines) is 1. The fourth-order valence-corrected chi connectivity index (χ4v) is 5.95. The molecule has 12 nitrogen and oxygen atoms in total. The van der Waals surface area contributed by atoms with Gasteiger partial charge in [0.15, 0.2) is 17.4 Å². The van der Waals surface area contributed by atoms with Gasteiger partial charge in [-0.1, -0.05) is 35.8 Å². The van der Waals surface area contributed by atoms with E-state index in [1.54, 1.807) is 55.5 Å². The third kappa shape index (κ3) is 9.09. The Hall–Kier alpha value is -5.82. The summed E-state index contributed by atoms with van der Waals surface area (Å²) in [5.41, 5.74) is 3.10. The Bertz CT molecular complexity index is 2010. The molecule has 1 N–H and O–H groups in total. The minimum Gasteiger partial charge on any atom is -0.495 e. The molecule has 1 amide bonds. The van der Waals surface area contributed by atoms with Crippen LogP contribution in [0.1, 0.15) is 54.1 Å². The molecule has 13 heteroatoms. The van der Waals surface area contributed by atoms with Crippen LogP contribution in [0.4, 0.5) is 32.3 Å². The molecule has 1 aliphatic heterocycles. The highest BCUT2D eigenvalue weighted by Gasteiger charge is 2.27. The molecule has 0 bridgehead atoms. The molecule has 0 radical (unpaired) electrons. The van der Waals surface area contributed by atoms with Crippen molar-refractivity contribution in [1.29, 1.82) is 0 Å². The number of benzene rings is 3. The molecule has 5 aromatic rings. The SMILES string of the molecule is COc1cc(C=Cc2nc(C)no2)ccc1N(C(=O)Oc1c(C)cccc1C)c1ccnc(Nc2ccc(OCCCN3CCCCC3)c(F)c2)n1. The summed E-state index contributed by atoms with van der Waals surface area (Å²) >= 11 is 0. The number of ether oxygens (including phenoxy) is 3. The van der Waals surface area contributed by atoms with Gasteiger partial charge < -0.3 is 29.0 Å². The van der Waals surface area contributed by atoms with Crippen LogP contribution in [0.5, 0.6) is 17.2 Å². The second kappa shape index (κ2) is 16.9. The fraction of sp³-hybridized carbons (Fsp3) is 0.308. The smallest absolute Gasteiger partial charge is 0.425 e. The number of hydrogen-bond donors (Lipinski definition) is 1. The van der Waals surface area contributed by atoms with Crippen LogP contribution in [-0.2, 0) is 0 Å². The van der Waals surface area contributed by atoms with Gasteiger partial charge in [0, 0.05) is 36.6 Å². The summed E-state index contributed by atoms with van der Waals surface area (Å²) in [5, 5.41) is 6.85. The zero-order valence-corrected chi connectivity index (χ0v) is 29.8. The lowest BCUT2D eigenvalue weighted by Crippen LogP contribution is -2.31.